The topological polar surface area (TPSA) is 71.2 Å². The average Bonchev–Trinajstić information content (AvgIpc) is 2.74. The zero-order chi connectivity index (χ0) is 22.8. The maximum absolute atomic E-state index is 13.4. The highest BCUT2D eigenvalue weighted by atomic mass is 32.2. The molecule has 10 heteroatoms. The fourth-order valence-corrected chi connectivity index (χ4v) is 4.18. The number of benzene rings is 2. The van der Waals surface area contributed by atoms with Crippen molar-refractivity contribution in [2.24, 2.45) is 10.7 Å². The van der Waals surface area contributed by atoms with Gasteiger partial charge in [-0.05, 0) is 56.0 Å². The normalized spacial score (nSPS) is 14.2. The Kier molecular flexibility index (Phi) is 9.99. The van der Waals surface area contributed by atoms with Crippen LogP contribution in [0, 0.1) is 5.82 Å². The highest BCUT2D eigenvalue weighted by Crippen LogP contribution is 2.32. The molecule has 0 radical (unpaired) electrons. The van der Waals surface area contributed by atoms with Crippen molar-refractivity contribution in [3.05, 3.63) is 65.6 Å². The number of halogens is 2. The molecule has 0 aromatic heterocycles. The number of carbonyl (C=O) groups excluding carboxylic acids is 1. The average molecular weight is 467 g/mol. The third kappa shape index (κ3) is 7.66. The Balaban J connectivity index is 0.00000166. The molecule has 0 unspecified atom stereocenters. The van der Waals surface area contributed by atoms with Crippen LogP contribution in [-0.2, 0) is 0 Å². The van der Waals surface area contributed by atoms with E-state index in [0.29, 0.717) is 18.8 Å². The first-order valence-electron chi connectivity index (χ1n) is 9.24. The van der Waals surface area contributed by atoms with E-state index < -0.39 is 12.0 Å². The number of aliphatic imine (C=N–C) groups is 1. The Morgan fingerprint density at radius 3 is 2.65 bits per heavy atom. The van der Waals surface area contributed by atoms with Gasteiger partial charge in [-0.25, -0.2) is 13.1 Å². The van der Waals surface area contributed by atoms with Crippen LogP contribution in [0.25, 0.3) is 0 Å². The lowest BCUT2D eigenvalue weighted by atomic mass is 10.3. The number of anilines is 1. The minimum Gasteiger partial charge on any atom is -0.448 e. The number of thioether (sulfide) groups is 1. The van der Waals surface area contributed by atoms with E-state index in [-0.39, 0.29) is 16.1 Å². The molecule has 6 nitrogen and oxygen atoms in total. The molecule has 0 saturated carbocycles. The van der Waals surface area contributed by atoms with E-state index in [4.69, 9.17) is 4.74 Å². The molecule has 0 aliphatic carbocycles. The van der Waals surface area contributed by atoms with Gasteiger partial charge in [-0.1, -0.05) is 12.1 Å². The molecule has 0 spiro atoms. The number of nitrogens with zero attached hydrogens (tertiary/aromatic N) is 3. The second-order valence-electron chi connectivity index (χ2n) is 6.15. The molecule has 2 N–H and O–H groups in total. The van der Waals surface area contributed by atoms with E-state index in [1.165, 1.54) is 48.3 Å². The van der Waals surface area contributed by atoms with Gasteiger partial charge >= 0.3 is 0 Å². The number of carbonyl (C=O) groups is 1. The van der Waals surface area contributed by atoms with Crippen LogP contribution >= 0.6 is 23.7 Å². The van der Waals surface area contributed by atoms with Crippen LogP contribution < -0.4 is 15.4 Å². The molecule has 31 heavy (non-hydrogen) atoms. The van der Waals surface area contributed by atoms with Crippen molar-refractivity contribution in [2.75, 3.05) is 32.1 Å². The van der Waals surface area contributed by atoms with Crippen molar-refractivity contribution in [3.63, 3.8) is 0 Å². The molecular weight excluding hydrogens is 442 g/mol. The van der Waals surface area contributed by atoms with E-state index >= 15 is 0 Å². The number of ether oxygens (including phenoxy) is 1. The van der Waals surface area contributed by atoms with E-state index in [1.54, 1.807) is 19.2 Å². The molecule has 1 amide bonds. The summed E-state index contributed by atoms with van der Waals surface area (Å²) in [5.41, 5.74) is 5.18. The zero-order valence-corrected chi connectivity index (χ0v) is 18.8. The molecule has 1 aliphatic heterocycles. The highest BCUT2D eigenvalue weighted by molar-refractivity contribution is 8.17. The molecule has 1 heterocycles. The maximum atomic E-state index is 13.4. The number of nitrogens with two attached hydrogens (primary N) is 1. The Labute approximate surface area is 189 Å². The van der Waals surface area contributed by atoms with Crippen molar-refractivity contribution >= 4 is 41.4 Å². The van der Waals surface area contributed by atoms with Gasteiger partial charge in [-0.15, -0.1) is 0 Å². The Morgan fingerprint density at radius 1 is 1.29 bits per heavy atom. The highest BCUT2D eigenvalue weighted by Gasteiger charge is 2.27. The standard InChI is InChI=1S/C20H19F2N3O2S2.CH5N/c1-23-11-19(27-17-7-3-5-14(21)9-17)28-20(26)24(2)16-6-4-8-18(10-16)29-25-12-15(22)13-25;1-2/h3-11,15H,1,12-13H2,2H3;2H2,1H3/b19-11-;. The summed E-state index contributed by atoms with van der Waals surface area (Å²) in [6.45, 7) is 4.18. The van der Waals surface area contributed by atoms with Crippen LogP contribution in [0.5, 0.6) is 5.75 Å². The van der Waals surface area contributed by atoms with Crippen molar-refractivity contribution in [1.82, 2.24) is 4.31 Å². The number of hydrogen-bond acceptors (Lipinski definition) is 7. The number of amides is 1. The minimum absolute atomic E-state index is 0.169. The van der Waals surface area contributed by atoms with Gasteiger partial charge in [-0.3, -0.25) is 9.79 Å². The van der Waals surface area contributed by atoms with Gasteiger partial charge in [0.2, 0.25) is 0 Å². The lowest BCUT2D eigenvalue weighted by Gasteiger charge is -2.32. The predicted molar refractivity (Wildman–Crippen MR) is 125 cm³/mol. The van der Waals surface area contributed by atoms with E-state index in [0.717, 1.165) is 16.7 Å². The van der Waals surface area contributed by atoms with Gasteiger partial charge in [0.25, 0.3) is 5.24 Å². The summed E-state index contributed by atoms with van der Waals surface area (Å²) in [6, 6.07) is 13.0. The fraction of sp³-hybridized carbons (Fsp3) is 0.238. The molecule has 2 aromatic carbocycles. The predicted octanol–water partition coefficient (Wildman–Crippen LogP) is 4.93. The van der Waals surface area contributed by atoms with Crippen molar-refractivity contribution in [1.29, 1.82) is 0 Å². The summed E-state index contributed by atoms with van der Waals surface area (Å²) in [5, 5.41) is -0.145. The van der Waals surface area contributed by atoms with Gasteiger partial charge in [0.1, 0.15) is 17.7 Å². The van der Waals surface area contributed by atoms with E-state index in [1.807, 2.05) is 22.5 Å². The third-order valence-electron chi connectivity index (χ3n) is 3.92. The van der Waals surface area contributed by atoms with Crippen LogP contribution in [-0.4, -0.2) is 49.6 Å². The quantitative estimate of drug-likeness (QED) is 0.354. The van der Waals surface area contributed by atoms with Crippen LogP contribution in [0.3, 0.4) is 0 Å². The smallest absolute Gasteiger partial charge is 0.293 e. The minimum atomic E-state index is -0.770. The van der Waals surface area contributed by atoms with Crippen LogP contribution in [0.1, 0.15) is 0 Å². The third-order valence-corrected chi connectivity index (χ3v) is 5.78. The van der Waals surface area contributed by atoms with Crippen molar-refractivity contribution in [3.8, 4) is 5.75 Å². The summed E-state index contributed by atoms with van der Waals surface area (Å²) >= 11 is 2.27. The van der Waals surface area contributed by atoms with Crippen molar-refractivity contribution in [2.45, 2.75) is 11.1 Å². The summed E-state index contributed by atoms with van der Waals surface area (Å²) in [4.78, 5) is 18.7. The molecule has 3 rings (SSSR count). The van der Waals surface area contributed by atoms with Gasteiger partial charge < -0.3 is 15.4 Å². The summed E-state index contributed by atoms with van der Waals surface area (Å²) in [7, 11) is 3.14. The molecule has 166 valence electrons. The van der Waals surface area contributed by atoms with E-state index in [2.05, 4.69) is 17.4 Å². The summed E-state index contributed by atoms with van der Waals surface area (Å²) in [6.07, 6.45) is 0.526. The number of alkyl halides is 1. The van der Waals surface area contributed by atoms with Crippen molar-refractivity contribution < 1.29 is 18.3 Å². The fourth-order valence-electron chi connectivity index (χ4n) is 2.42. The van der Waals surface area contributed by atoms with Crippen LogP contribution in [0.4, 0.5) is 19.3 Å². The molecular formula is C21H24F2N4O2S2. The number of hydrogen-bond donors (Lipinski definition) is 1. The molecule has 0 bridgehead atoms. The lowest BCUT2D eigenvalue weighted by molar-refractivity contribution is 0.153. The van der Waals surface area contributed by atoms with Gasteiger partial charge in [0, 0.05) is 48.5 Å². The second-order valence-corrected chi connectivity index (χ2v) is 8.28. The Hall–Kier alpha value is -2.40. The zero-order valence-electron chi connectivity index (χ0n) is 17.2. The summed E-state index contributed by atoms with van der Waals surface area (Å²) in [5.74, 6) is -0.195. The lowest BCUT2D eigenvalue weighted by Crippen LogP contribution is -2.43. The van der Waals surface area contributed by atoms with Gasteiger partial charge in [0.05, 0.1) is 6.20 Å². The molecule has 1 fully saturated rings. The van der Waals surface area contributed by atoms with Crippen LogP contribution in [0.15, 0.2) is 69.7 Å². The molecule has 1 aliphatic rings. The monoisotopic (exact) mass is 466 g/mol. The molecule has 1 saturated heterocycles. The first-order chi connectivity index (χ1) is 14.9. The van der Waals surface area contributed by atoms with Gasteiger partial charge in [-0.2, -0.15) is 0 Å². The maximum Gasteiger partial charge on any atom is 0.293 e. The van der Waals surface area contributed by atoms with E-state index in [9.17, 15) is 13.6 Å². The Bertz CT molecular complexity index is 924. The first-order valence-corrected chi connectivity index (χ1v) is 10.8. The summed E-state index contributed by atoms with van der Waals surface area (Å²) < 4.78 is 33.8. The largest absolute Gasteiger partial charge is 0.448 e. The molecule has 0 atom stereocenters. The SMILES string of the molecule is C=N/C=C(/Oc1cccc(F)c1)SC(=O)N(C)c1cccc(SN2CC(F)C2)c1.CN. The first kappa shape index (κ1) is 24.9. The van der Waals surface area contributed by atoms with Gasteiger partial charge in [0.15, 0.2) is 5.09 Å². The molecule has 2 aromatic rings. The van der Waals surface area contributed by atoms with Crippen LogP contribution in [0.2, 0.25) is 0 Å². The Morgan fingerprint density at radius 2 is 2.00 bits per heavy atom. The number of rotatable bonds is 7. The second kappa shape index (κ2) is 12.5.